The molecule has 3 unspecified atom stereocenters. The standard InChI is InChI=1S/C27H36N2O4/c1-5-13-27(32)21(3)29(18-22-9-7-6-8-10-22)15-14-26(27,17-25(31)28-19-30)24-16-23(33-4)12-11-20(24)2/h6-12,16,19,21,32H,5,13-15,17-18H2,1-4H3,(H,28,30,31). The summed E-state index contributed by atoms with van der Waals surface area (Å²) in [6, 6.07) is 15.8. The highest BCUT2D eigenvalue weighted by Crippen LogP contribution is 2.52. The van der Waals surface area contributed by atoms with Crippen LogP contribution < -0.4 is 10.1 Å². The van der Waals surface area contributed by atoms with Crippen molar-refractivity contribution >= 4 is 12.3 Å². The maximum Gasteiger partial charge on any atom is 0.227 e. The first-order chi connectivity index (χ1) is 15.8. The minimum absolute atomic E-state index is 0.0275. The van der Waals surface area contributed by atoms with E-state index in [0.717, 1.165) is 24.1 Å². The molecule has 1 aliphatic rings. The SMILES string of the molecule is CCCC1(O)C(C)N(Cc2ccccc2)CCC1(CC(=O)NC=O)c1cc(OC)ccc1C. The van der Waals surface area contributed by atoms with Crippen molar-refractivity contribution in [2.75, 3.05) is 13.7 Å². The third-order valence-corrected chi connectivity index (χ3v) is 7.40. The van der Waals surface area contributed by atoms with Gasteiger partial charge in [-0.3, -0.25) is 19.8 Å². The maximum atomic E-state index is 12.8. The van der Waals surface area contributed by atoms with Crippen molar-refractivity contribution in [3.05, 3.63) is 65.2 Å². The number of likely N-dealkylation sites (tertiary alicyclic amines) is 1. The number of nitrogens with zero attached hydrogens (tertiary/aromatic N) is 1. The molecule has 3 rings (SSSR count). The van der Waals surface area contributed by atoms with E-state index in [1.807, 2.05) is 43.3 Å². The van der Waals surface area contributed by atoms with Gasteiger partial charge in [-0.15, -0.1) is 0 Å². The van der Waals surface area contributed by atoms with Gasteiger partial charge in [0.15, 0.2) is 0 Å². The van der Waals surface area contributed by atoms with Gasteiger partial charge < -0.3 is 9.84 Å². The molecule has 6 nitrogen and oxygen atoms in total. The maximum absolute atomic E-state index is 12.8. The van der Waals surface area contributed by atoms with Crippen LogP contribution in [0.2, 0.25) is 0 Å². The number of hydrogen-bond acceptors (Lipinski definition) is 5. The molecule has 33 heavy (non-hydrogen) atoms. The number of aryl methyl sites for hydroxylation is 1. The summed E-state index contributed by atoms with van der Waals surface area (Å²) in [6.45, 7) is 7.55. The lowest BCUT2D eigenvalue weighted by Crippen LogP contribution is -2.68. The first-order valence-corrected chi connectivity index (χ1v) is 11.7. The van der Waals surface area contributed by atoms with Crippen LogP contribution in [0.1, 0.15) is 56.2 Å². The summed E-state index contributed by atoms with van der Waals surface area (Å²) in [6.07, 6.45) is 2.33. The number of amides is 2. The van der Waals surface area contributed by atoms with Crippen LogP contribution in [0, 0.1) is 6.92 Å². The predicted molar refractivity (Wildman–Crippen MR) is 129 cm³/mol. The molecule has 2 amide bonds. The minimum atomic E-state index is -1.19. The Morgan fingerprint density at radius 2 is 2.00 bits per heavy atom. The van der Waals surface area contributed by atoms with E-state index in [4.69, 9.17) is 4.74 Å². The van der Waals surface area contributed by atoms with Crippen molar-refractivity contribution in [3.63, 3.8) is 0 Å². The Morgan fingerprint density at radius 1 is 1.27 bits per heavy atom. The normalized spacial score (nSPS) is 25.4. The number of rotatable bonds is 9. The third kappa shape index (κ3) is 4.82. The van der Waals surface area contributed by atoms with Crippen LogP contribution in [0.3, 0.4) is 0 Å². The van der Waals surface area contributed by atoms with E-state index in [9.17, 15) is 14.7 Å². The molecule has 2 aromatic carbocycles. The summed E-state index contributed by atoms with van der Waals surface area (Å²) in [5, 5.41) is 14.8. The third-order valence-electron chi connectivity index (χ3n) is 7.40. The summed E-state index contributed by atoms with van der Waals surface area (Å²) in [5.41, 5.74) is 1.04. The second-order valence-corrected chi connectivity index (χ2v) is 9.18. The highest BCUT2D eigenvalue weighted by atomic mass is 16.5. The molecule has 2 N–H and O–H groups in total. The molecule has 178 valence electrons. The molecule has 6 heteroatoms. The fourth-order valence-corrected chi connectivity index (χ4v) is 5.65. The van der Waals surface area contributed by atoms with Crippen LogP contribution in [0.4, 0.5) is 0 Å². The number of carbonyl (C=O) groups excluding carboxylic acids is 2. The molecule has 1 saturated heterocycles. The van der Waals surface area contributed by atoms with Gasteiger partial charge in [0.1, 0.15) is 5.75 Å². The van der Waals surface area contributed by atoms with Crippen LogP contribution >= 0.6 is 0 Å². The Balaban J connectivity index is 2.12. The Hall–Kier alpha value is -2.70. The fourth-order valence-electron chi connectivity index (χ4n) is 5.65. The van der Waals surface area contributed by atoms with Crippen molar-refractivity contribution in [1.29, 1.82) is 0 Å². The molecule has 0 saturated carbocycles. The van der Waals surface area contributed by atoms with Crippen LogP contribution in [-0.2, 0) is 21.5 Å². The van der Waals surface area contributed by atoms with Crippen molar-refractivity contribution < 1.29 is 19.4 Å². The number of hydrogen-bond donors (Lipinski definition) is 2. The number of carbonyl (C=O) groups is 2. The van der Waals surface area contributed by atoms with Gasteiger partial charge in [0.2, 0.25) is 12.3 Å². The number of methoxy groups -OCH3 is 1. The molecule has 0 aliphatic carbocycles. The Bertz CT molecular complexity index is 964. The van der Waals surface area contributed by atoms with Crippen molar-refractivity contribution in [1.82, 2.24) is 10.2 Å². The van der Waals surface area contributed by atoms with E-state index in [1.165, 1.54) is 5.56 Å². The van der Waals surface area contributed by atoms with E-state index in [1.54, 1.807) is 7.11 Å². The average molecular weight is 453 g/mol. The van der Waals surface area contributed by atoms with E-state index in [2.05, 4.69) is 36.2 Å². The quantitative estimate of drug-likeness (QED) is 0.567. The number of imide groups is 1. The van der Waals surface area contributed by atoms with Gasteiger partial charge >= 0.3 is 0 Å². The lowest BCUT2D eigenvalue weighted by atomic mass is 9.56. The van der Waals surface area contributed by atoms with Crippen LogP contribution in [-0.4, -0.2) is 47.6 Å². The average Bonchev–Trinajstić information content (AvgIpc) is 2.80. The molecule has 3 atom stereocenters. The number of nitrogens with one attached hydrogen (secondary N) is 1. The van der Waals surface area contributed by atoms with Gasteiger partial charge in [-0.1, -0.05) is 49.7 Å². The smallest absolute Gasteiger partial charge is 0.227 e. The first-order valence-electron chi connectivity index (χ1n) is 11.7. The zero-order chi connectivity index (χ0) is 24.1. The zero-order valence-corrected chi connectivity index (χ0v) is 20.1. The second kappa shape index (κ2) is 10.5. The molecule has 1 aliphatic heterocycles. The van der Waals surface area contributed by atoms with Gasteiger partial charge in [-0.25, -0.2) is 0 Å². The Labute approximate surface area is 196 Å². The van der Waals surface area contributed by atoms with Gasteiger partial charge in [0.05, 0.1) is 12.7 Å². The van der Waals surface area contributed by atoms with E-state index < -0.39 is 11.0 Å². The molecule has 0 radical (unpaired) electrons. The highest BCUT2D eigenvalue weighted by molar-refractivity contribution is 5.87. The van der Waals surface area contributed by atoms with Gasteiger partial charge in [-0.05, 0) is 62.1 Å². The molecular weight excluding hydrogens is 416 g/mol. The first kappa shape index (κ1) is 24.9. The summed E-state index contributed by atoms with van der Waals surface area (Å²) in [7, 11) is 1.61. The van der Waals surface area contributed by atoms with Crippen molar-refractivity contribution in [2.45, 2.75) is 70.1 Å². The van der Waals surface area contributed by atoms with E-state index in [-0.39, 0.29) is 18.4 Å². The Kier molecular flexibility index (Phi) is 7.92. The zero-order valence-electron chi connectivity index (χ0n) is 20.1. The molecule has 0 spiro atoms. The molecule has 2 aromatic rings. The van der Waals surface area contributed by atoms with Crippen LogP contribution in [0.15, 0.2) is 48.5 Å². The number of aliphatic hydroxyl groups is 1. The lowest BCUT2D eigenvalue weighted by Gasteiger charge is -2.58. The topological polar surface area (TPSA) is 78.9 Å². The van der Waals surface area contributed by atoms with E-state index >= 15 is 0 Å². The summed E-state index contributed by atoms with van der Waals surface area (Å²) >= 11 is 0. The van der Waals surface area contributed by atoms with Crippen LogP contribution in [0.5, 0.6) is 5.75 Å². The van der Waals surface area contributed by atoms with Crippen LogP contribution in [0.25, 0.3) is 0 Å². The van der Waals surface area contributed by atoms with Crippen molar-refractivity contribution in [2.24, 2.45) is 0 Å². The predicted octanol–water partition coefficient (Wildman–Crippen LogP) is 3.73. The summed E-state index contributed by atoms with van der Waals surface area (Å²) in [4.78, 5) is 26.2. The van der Waals surface area contributed by atoms with Gasteiger partial charge in [0, 0.05) is 24.4 Å². The molecule has 1 heterocycles. The molecule has 0 aromatic heterocycles. The Morgan fingerprint density at radius 3 is 2.64 bits per heavy atom. The summed E-state index contributed by atoms with van der Waals surface area (Å²) < 4.78 is 5.50. The number of piperidine rings is 1. The molecule has 1 fully saturated rings. The van der Waals surface area contributed by atoms with Gasteiger partial charge in [0.25, 0.3) is 0 Å². The largest absolute Gasteiger partial charge is 0.497 e. The minimum Gasteiger partial charge on any atom is -0.497 e. The highest BCUT2D eigenvalue weighted by Gasteiger charge is 2.59. The lowest BCUT2D eigenvalue weighted by molar-refractivity contribution is -0.153. The van der Waals surface area contributed by atoms with E-state index in [0.29, 0.717) is 31.5 Å². The number of benzene rings is 2. The monoisotopic (exact) mass is 452 g/mol. The fraction of sp³-hybridized carbons (Fsp3) is 0.481. The molecular formula is C27H36N2O4. The second-order valence-electron chi connectivity index (χ2n) is 9.18. The number of ether oxygens (including phenoxy) is 1. The van der Waals surface area contributed by atoms with Crippen molar-refractivity contribution in [3.8, 4) is 5.75 Å². The van der Waals surface area contributed by atoms with Gasteiger partial charge in [-0.2, -0.15) is 0 Å². The molecule has 0 bridgehead atoms. The summed E-state index contributed by atoms with van der Waals surface area (Å²) in [5.74, 6) is 0.300.